The number of carboxylic acids is 1. The summed E-state index contributed by atoms with van der Waals surface area (Å²) in [6.45, 7) is 1.65. The highest BCUT2D eigenvalue weighted by atomic mass is 35.5. The van der Waals surface area contributed by atoms with Crippen molar-refractivity contribution >= 4 is 39.1 Å². The number of carbonyl (C=O) groups is 1. The lowest BCUT2D eigenvalue weighted by molar-refractivity contribution is -0.138. The van der Waals surface area contributed by atoms with Crippen molar-refractivity contribution < 1.29 is 14.6 Å². The van der Waals surface area contributed by atoms with Gasteiger partial charge in [-0.2, -0.15) is 0 Å². The molecule has 0 bridgehead atoms. The van der Waals surface area contributed by atoms with E-state index in [1.165, 1.54) is 11.3 Å². The van der Waals surface area contributed by atoms with Crippen LogP contribution in [0.15, 0.2) is 42.5 Å². The Balaban J connectivity index is 1.81. The van der Waals surface area contributed by atoms with Gasteiger partial charge < -0.3 is 9.84 Å². The van der Waals surface area contributed by atoms with Crippen LogP contribution in [0, 0.1) is 0 Å². The number of aliphatic carboxylic acids is 1. The fraction of sp³-hybridized carbons (Fsp3) is 0.125. The van der Waals surface area contributed by atoms with Gasteiger partial charge in [-0.1, -0.05) is 35.1 Å². The van der Waals surface area contributed by atoms with Gasteiger partial charge in [0.25, 0.3) is 5.19 Å². The van der Waals surface area contributed by atoms with Crippen molar-refractivity contribution in [1.82, 2.24) is 4.98 Å². The Hall–Kier alpha value is -2.11. The molecule has 4 nitrogen and oxygen atoms in total. The normalized spacial score (nSPS) is 12.3. The molecular formula is C16H12ClNO3S. The Bertz CT molecular complexity index is 829. The van der Waals surface area contributed by atoms with Crippen LogP contribution in [0.25, 0.3) is 10.2 Å². The number of thiazole rings is 1. The largest absolute Gasteiger partial charge is 0.481 e. The van der Waals surface area contributed by atoms with Crippen LogP contribution in [0.5, 0.6) is 10.9 Å². The van der Waals surface area contributed by atoms with Gasteiger partial charge in [-0.25, -0.2) is 4.98 Å². The number of fused-ring (bicyclic) bond motifs is 1. The third-order valence-electron chi connectivity index (χ3n) is 3.29. The van der Waals surface area contributed by atoms with Crippen LogP contribution < -0.4 is 4.74 Å². The monoisotopic (exact) mass is 333 g/mol. The standard InChI is InChI=1S/C16H12ClNO3S/c1-9(15(19)20)10-2-5-12(6-3-10)21-16-18-13-7-4-11(17)8-14(13)22-16/h2-9H,1H3,(H,19,20). The van der Waals surface area contributed by atoms with Crippen molar-refractivity contribution in [1.29, 1.82) is 0 Å². The van der Waals surface area contributed by atoms with E-state index in [4.69, 9.17) is 21.4 Å². The number of rotatable bonds is 4. The Morgan fingerprint density at radius 3 is 2.68 bits per heavy atom. The van der Waals surface area contributed by atoms with Gasteiger partial charge in [-0.05, 0) is 42.8 Å². The minimum absolute atomic E-state index is 0.524. The van der Waals surface area contributed by atoms with E-state index in [-0.39, 0.29) is 0 Å². The van der Waals surface area contributed by atoms with E-state index in [9.17, 15) is 4.79 Å². The van der Waals surface area contributed by atoms with E-state index in [0.29, 0.717) is 16.0 Å². The van der Waals surface area contributed by atoms with Crippen LogP contribution in [-0.4, -0.2) is 16.1 Å². The highest BCUT2D eigenvalue weighted by molar-refractivity contribution is 7.20. The number of aromatic nitrogens is 1. The van der Waals surface area contributed by atoms with Gasteiger partial charge in [0, 0.05) is 5.02 Å². The molecule has 1 heterocycles. The molecule has 0 aliphatic heterocycles. The summed E-state index contributed by atoms with van der Waals surface area (Å²) in [5.74, 6) is -0.776. The number of benzene rings is 2. The van der Waals surface area contributed by atoms with Crippen LogP contribution in [0.4, 0.5) is 0 Å². The summed E-state index contributed by atoms with van der Waals surface area (Å²) in [7, 11) is 0. The Labute approximate surface area is 135 Å². The zero-order valence-corrected chi connectivity index (χ0v) is 13.2. The number of ether oxygens (including phenoxy) is 1. The average molecular weight is 334 g/mol. The van der Waals surface area contributed by atoms with E-state index in [2.05, 4.69) is 4.98 Å². The van der Waals surface area contributed by atoms with Crippen molar-refractivity contribution in [2.75, 3.05) is 0 Å². The highest BCUT2D eigenvalue weighted by Crippen LogP contribution is 2.33. The maximum atomic E-state index is 11.0. The predicted octanol–water partition coefficient (Wildman–Crippen LogP) is 4.93. The quantitative estimate of drug-likeness (QED) is 0.735. The van der Waals surface area contributed by atoms with E-state index in [0.717, 1.165) is 15.8 Å². The van der Waals surface area contributed by atoms with Gasteiger partial charge >= 0.3 is 5.97 Å². The second-order valence-electron chi connectivity index (χ2n) is 4.82. The second kappa shape index (κ2) is 5.94. The van der Waals surface area contributed by atoms with Crippen molar-refractivity contribution in [3.05, 3.63) is 53.1 Å². The average Bonchev–Trinajstić information content (AvgIpc) is 2.88. The Morgan fingerprint density at radius 2 is 2.00 bits per heavy atom. The zero-order chi connectivity index (χ0) is 15.7. The number of hydrogen-bond acceptors (Lipinski definition) is 4. The molecule has 1 aromatic heterocycles. The molecule has 112 valence electrons. The first-order valence-corrected chi connectivity index (χ1v) is 7.79. The number of hydrogen-bond donors (Lipinski definition) is 1. The molecule has 0 aliphatic carbocycles. The topological polar surface area (TPSA) is 59.4 Å². The molecule has 1 atom stereocenters. The molecule has 0 saturated heterocycles. The lowest BCUT2D eigenvalue weighted by Crippen LogP contribution is -2.06. The Kier molecular flexibility index (Phi) is 4.00. The van der Waals surface area contributed by atoms with E-state index < -0.39 is 11.9 Å². The molecule has 6 heteroatoms. The molecule has 0 saturated carbocycles. The minimum Gasteiger partial charge on any atom is -0.481 e. The molecule has 2 aromatic carbocycles. The van der Waals surface area contributed by atoms with Gasteiger partial charge in [0.15, 0.2) is 0 Å². The van der Waals surface area contributed by atoms with Gasteiger partial charge in [0.1, 0.15) is 5.75 Å². The number of nitrogens with zero attached hydrogens (tertiary/aromatic N) is 1. The van der Waals surface area contributed by atoms with Crippen LogP contribution in [0.1, 0.15) is 18.4 Å². The maximum absolute atomic E-state index is 11.0. The summed E-state index contributed by atoms with van der Waals surface area (Å²) in [5, 5.41) is 10.2. The summed E-state index contributed by atoms with van der Waals surface area (Å²) in [4.78, 5) is 15.3. The molecule has 0 fully saturated rings. The minimum atomic E-state index is -0.850. The molecule has 0 spiro atoms. The van der Waals surface area contributed by atoms with Crippen LogP contribution in [-0.2, 0) is 4.79 Å². The zero-order valence-electron chi connectivity index (χ0n) is 11.6. The van der Waals surface area contributed by atoms with Crippen molar-refractivity contribution in [2.45, 2.75) is 12.8 Å². The molecular weight excluding hydrogens is 322 g/mol. The van der Waals surface area contributed by atoms with Crippen LogP contribution in [0.2, 0.25) is 5.02 Å². The molecule has 0 radical (unpaired) electrons. The van der Waals surface area contributed by atoms with Gasteiger partial charge in [0.2, 0.25) is 0 Å². The molecule has 1 unspecified atom stereocenters. The molecule has 0 aliphatic rings. The summed E-state index contributed by atoms with van der Waals surface area (Å²) >= 11 is 7.36. The van der Waals surface area contributed by atoms with E-state index in [1.54, 1.807) is 37.3 Å². The SMILES string of the molecule is CC(C(=O)O)c1ccc(Oc2nc3ccc(Cl)cc3s2)cc1. The van der Waals surface area contributed by atoms with Gasteiger partial charge in [-0.15, -0.1) is 0 Å². The first-order chi connectivity index (χ1) is 10.5. The maximum Gasteiger partial charge on any atom is 0.310 e. The summed E-state index contributed by atoms with van der Waals surface area (Å²) in [6, 6.07) is 12.5. The van der Waals surface area contributed by atoms with E-state index >= 15 is 0 Å². The molecule has 3 rings (SSSR count). The smallest absolute Gasteiger partial charge is 0.310 e. The lowest BCUT2D eigenvalue weighted by Gasteiger charge is -2.07. The molecule has 0 amide bonds. The summed E-state index contributed by atoms with van der Waals surface area (Å²) in [5.41, 5.74) is 1.57. The Morgan fingerprint density at radius 1 is 1.27 bits per heavy atom. The van der Waals surface area contributed by atoms with Crippen LogP contribution in [0.3, 0.4) is 0 Å². The fourth-order valence-electron chi connectivity index (χ4n) is 1.99. The lowest BCUT2D eigenvalue weighted by atomic mass is 10.0. The highest BCUT2D eigenvalue weighted by Gasteiger charge is 2.13. The molecule has 1 N–H and O–H groups in total. The van der Waals surface area contributed by atoms with Crippen molar-refractivity contribution in [3.8, 4) is 10.9 Å². The summed E-state index contributed by atoms with van der Waals surface area (Å²) < 4.78 is 6.67. The summed E-state index contributed by atoms with van der Waals surface area (Å²) in [6.07, 6.45) is 0. The van der Waals surface area contributed by atoms with Crippen molar-refractivity contribution in [2.24, 2.45) is 0 Å². The predicted molar refractivity (Wildman–Crippen MR) is 87.2 cm³/mol. The number of halogens is 1. The van der Waals surface area contributed by atoms with Crippen LogP contribution >= 0.6 is 22.9 Å². The van der Waals surface area contributed by atoms with E-state index in [1.807, 2.05) is 12.1 Å². The fourth-order valence-corrected chi connectivity index (χ4v) is 3.10. The third kappa shape index (κ3) is 3.05. The molecule has 3 aromatic rings. The first kappa shape index (κ1) is 14.8. The van der Waals surface area contributed by atoms with Crippen molar-refractivity contribution in [3.63, 3.8) is 0 Å². The first-order valence-electron chi connectivity index (χ1n) is 6.59. The number of carboxylic acid groups (broad SMARTS) is 1. The van der Waals surface area contributed by atoms with Gasteiger partial charge in [-0.3, -0.25) is 4.79 Å². The third-order valence-corrected chi connectivity index (χ3v) is 4.42. The van der Waals surface area contributed by atoms with Gasteiger partial charge in [0.05, 0.1) is 16.1 Å². The second-order valence-corrected chi connectivity index (χ2v) is 6.25. The molecule has 22 heavy (non-hydrogen) atoms.